The molecule has 0 aliphatic rings. The lowest BCUT2D eigenvalue weighted by Gasteiger charge is -2.04. The Hall–Kier alpha value is -0.350. The molecule has 3 nitrogen and oxygen atoms in total. The molecule has 0 heterocycles. The average Bonchev–Trinajstić information content (AvgIpc) is 2.01. The molecule has 4 N–H and O–H groups in total. The van der Waals surface area contributed by atoms with Gasteiger partial charge in [0.15, 0.2) is 5.96 Å². The van der Waals surface area contributed by atoms with E-state index < -0.39 is 0 Å². The van der Waals surface area contributed by atoms with Crippen LogP contribution in [0.4, 0.5) is 0 Å². The summed E-state index contributed by atoms with van der Waals surface area (Å²) in [4.78, 5) is 3.81. The van der Waals surface area contributed by atoms with Gasteiger partial charge in [0.2, 0.25) is 0 Å². The molecule has 0 saturated heterocycles. The van der Waals surface area contributed by atoms with Crippen LogP contribution in [-0.4, -0.2) is 5.96 Å². The molecule has 0 atom stereocenters. The van der Waals surface area contributed by atoms with Crippen LogP contribution in [0.2, 0.25) is 15.1 Å². The van der Waals surface area contributed by atoms with Crippen molar-refractivity contribution in [3.05, 3.63) is 32.8 Å². The van der Waals surface area contributed by atoms with E-state index in [9.17, 15) is 0 Å². The van der Waals surface area contributed by atoms with Crippen LogP contribution in [0.1, 0.15) is 5.56 Å². The minimum absolute atomic E-state index is 0. The third-order valence-electron chi connectivity index (χ3n) is 1.53. The molecule has 0 aromatic heterocycles. The molecule has 0 bridgehead atoms. The maximum atomic E-state index is 5.90. The summed E-state index contributed by atoms with van der Waals surface area (Å²) in [5.74, 6) is -0.00733. The Balaban J connectivity index is 0.00000196. The molecule has 1 rings (SSSR count). The number of benzene rings is 1. The number of aliphatic imine (C=N–C) groups is 1. The Labute approximate surface area is 109 Å². The molecule has 1 aromatic carbocycles. The highest BCUT2D eigenvalue weighted by Crippen LogP contribution is 2.29. The first-order valence-electron chi connectivity index (χ1n) is 3.69. The van der Waals surface area contributed by atoms with Crippen LogP contribution in [0.3, 0.4) is 0 Å². The van der Waals surface area contributed by atoms with Crippen molar-refractivity contribution in [3.63, 3.8) is 0 Å². The van der Waals surface area contributed by atoms with Crippen LogP contribution >= 0.6 is 47.2 Å². The topological polar surface area (TPSA) is 64.4 Å². The number of guanidine groups is 1. The van der Waals surface area contributed by atoms with E-state index in [2.05, 4.69) is 4.99 Å². The summed E-state index contributed by atoms with van der Waals surface area (Å²) in [5, 5.41) is 1.38. The van der Waals surface area contributed by atoms with Gasteiger partial charge in [-0.2, -0.15) is 0 Å². The molecule has 1 aromatic rings. The monoisotopic (exact) mass is 287 g/mol. The number of hydrogen-bond donors (Lipinski definition) is 2. The lowest BCUT2D eigenvalue weighted by Crippen LogP contribution is -2.22. The van der Waals surface area contributed by atoms with Gasteiger partial charge in [-0.25, -0.2) is 4.99 Å². The predicted molar refractivity (Wildman–Crippen MR) is 68.2 cm³/mol. The fourth-order valence-corrected chi connectivity index (χ4v) is 1.83. The first-order valence-corrected chi connectivity index (χ1v) is 4.83. The molecule has 0 amide bonds. The smallest absolute Gasteiger partial charge is 0.186 e. The van der Waals surface area contributed by atoms with Crippen molar-refractivity contribution in [3.8, 4) is 0 Å². The van der Waals surface area contributed by atoms with E-state index in [-0.39, 0.29) is 24.9 Å². The summed E-state index contributed by atoms with van der Waals surface area (Å²) in [7, 11) is 0. The van der Waals surface area contributed by atoms with E-state index in [0.717, 1.165) is 0 Å². The van der Waals surface area contributed by atoms with Gasteiger partial charge in [0.25, 0.3) is 0 Å². The van der Waals surface area contributed by atoms with Crippen molar-refractivity contribution in [2.75, 3.05) is 0 Å². The molecule has 0 saturated carbocycles. The third-order valence-corrected chi connectivity index (χ3v) is 2.42. The summed E-state index contributed by atoms with van der Waals surface area (Å²) < 4.78 is 0. The van der Waals surface area contributed by atoms with E-state index in [4.69, 9.17) is 46.3 Å². The zero-order valence-electron chi connectivity index (χ0n) is 7.51. The van der Waals surface area contributed by atoms with Gasteiger partial charge in [-0.3, -0.25) is 0 Å². The van der Waals surface area contributed by atoms with Crippen molar-refractivity contribution in [1.82, 2.24) is 0 Å². The second kappa shape index (κ2) is 6.28. The quantitative estimate of drug-likeness (QED) is 0.649. The molecule has 7 heteroatoms. The Morgan fingerprint density at radius 3 is 2.00 bits per heavy atom. The fraction of sp³-hybridized carbons (Fsp3) is 0.125. The first-order chi connectivity index (χ1) is 6.50. The van der Waals surface area contributed by atoms with Crippen LogP contribution in [0.15, 0.2) is 17.1 Å². The zero-order valence-corrected chi connectivity index (χ0v) is 10.6. The van der Waals surface area contributed by atoms with Crippen LogP contribution in [0.5, 0.6) is 0 Å². The van der Waals surface area contributed by atoms with Crippen molar-refractivity contribution in [2.24, 2.45) is 16.5 Å². The SMILES string of the molecule is Cl.NC(N)=NCc1c(Cl)cc(Cl)cc1Cl. The Morgan fingerprint density at radius 2 is 1.60 bits per heavy atom. The molecule has 0 spiro atoms. The number of hydrogen-bond acceptors (Lipinski definition) is 1. The number of halogens is 4. The second-order valence-electron chi connectivity index (χ2n) is 2.59. The Kier molecular flexibility index (Phi) is 6.13. The summed E-state index contributed by atoms with van der Waals surface area (Å²) in [5.41, 5.74) is 11.0. The fourth-order valence-electron chi connectivity index (χ4n) is 0.893. The van der Waals surface area contributed by atoms with Crippen LogP contribution in [0.25, 0.3) is 0 Å². The van der Waals surface area contributed by atoms with Crippen molar-refractivity contribution in [2.45, 2.75) is 6.54 Å². The molecule has 0 fully saturated rings. The summed E-state index contributed by atoms with van der Waals surface area (Å²) >= 11 is 17.5. The summed E-state index contributed by atoms with van der Waals surface area (Å²) in [6.07, 6.45) is 0. The van der Waals surface area contributed by atoms with E-state index in [1.165, 1.54) is 0 Å². The van der Waals surface area contributed by atoms with Gasteiger partial charge in [-0.1, -0.05) is 34.8 Å². The van der Waals surface area contributed by atoms with E-state index in [1.807, 2.05) is 0 Å². The van der Waals surface area contributed by atoms with Gasteiger partial charge in [0, 0.05) is 20.6 Å². The van der Waals surface area contributed by atoms with Gasteiger partial charge < -0.3 is 11.5 Å². The highest BCUT2D eigenvalue weighted by atomic mass is 35.5. The van der Waals surface area contributed by atoms with Gasteiger partial charge in [0.1, 0.15) is 0 Å². The second-order valence-corrected chi connectivity index (χ2v) is 3.84. The third kappa shape index (κ3) is 4.34. The largest absolute Gasteiger partial charge is 0.370 e. The minimum atomic E-state index is -0.00733. The van der Waals surface area contributed by atoms with Crippen molar-refractivity contribution < 1.29 is 0 Å². The summed E-state index contributed by atoms with van der Waals surface area (Å²) in [6.45, 7) is 0.247. The standard InChI is InChI=1S/C8H8Cl3N3.ClH/c9-4-1-6(10)5(7(11)2-4)3-14-8(12)13;/h1-2H,3H2,(H4,12,13,14);1H. The maximum absolute atomic E-state index is 5.90. The number of rotatable bonds is 2. The lowest BCUT2D eigenvalue weighted by atomic mass is 10.2. The molecule has 0 radical (unpaired) electrons. The van der Waals surface area contributed by atoms with Gasteiger partial charge in [0.05, 0.1) is 6.54 Å². The van der Waals surface area contributed by atoms with E-state index in [1.54, 1.807) is 12.1 Å². The molecule has 84 valence electrons. The van der Waals surface area contributed by atoms with Gasteiger partial charge >= 0.3 is 0 Å². The highest BCUT2D eigenvalue weighted by molar-refractivity contribution is 6.39. The minimum Gasteiger partial charge on any atom is -0.370 e. The number of nitrogens with zero attached hydrogens (tertiary/aromatic N) is 1. The maximum Gasteiger partial charge on any atom is 0.186 e. The van der Waals surface area contributed by atoms with E-state index in [0.29, 0.717) is 20.6 Å². The Morgan fingerprint density at radius 1 is 1.13 bits per heavy atom. The Bertz CT molecular complexity index is 351. The summed E-state index contributed by atoms with van der Waals surface area (Å²) in [6, 6.07) is 3.18. The van der Waals surface area contributed by atoms with Gasteiger partial charge in [-0.15, -0.1) is 12.4 Å². The molecular formula is C8H9Cl4N3. The van der Waals surface area contributed by atoms with E-state index >= 15 is 0 Å². The van der Waals surface area contributed by atoms with Crippen LogP contribution in [-0.2, 0) is 6.54 Å². The predicted octanol–water partition coefficient (Wildman–Crippen LogP) is 2.84. The zero-order chi connectivity index (χ0) is 10.7. The van der Waals surface area contributed by atoms with Crippen LogP contribution < -0.4 is 11.5 Å². The molecule has 15 heavy (non-hydrogen) atoms. The average molecular weight is 289 g/mol. The molecular weight excluding hydrogens is 280 g/mol. The highest BCUT2D eigenvalue weighted by Gasteiger charge is 2.06. The molecule has 0 aliphatic heterocycles. The van der Waals surface area contributed by atoms with Crippen molar-refractivity contribution in [1.29, 1.82) is 0 Å². The normalized spacial score (nSPS) is 9.27. The van der Waals surface area contributed by atoms with Crippen molar-refractivity contribution >= 4 is 53.2 Å². The van der Waals surface area contributed by atoms with Gasteiger partial charge in [-0.05, 0) is 12.1 Å². The molecule has 0 aliphatic carbocycles. The number of nitrogens with two attached hydrogens (primary N) is 2. The molecule has 0 unspecified atom stereocenters. The van der Waals surface area contributed by atoms with Crippen LogP contribution in [0, 0.1) is 0 Å². The lowest BCUT2D eigenvalue weighted by molar-refractivity contribution is 1.06. The first kappa shape index (κ1) is 14.6.